The number of rotatable bonds is 2. The van der Waals surface area contributed by atoms with Crippen molar-refractivity contribution < 1.29 is 14.3 Å². The Morgan fingerprint density at radius 2 is 1.82 bits per heavy atom. The van der Waals surface area contributed by atoms with Gasteiger partial charge in [-0.2, -0.15) is 0 Å². The number of ether oxygens (including phenoxy) is 1. The molecule has 0 aliphatic rings. The molecular weight excluding hydrogens is 146 g/mol. The normalized spacial score (nSPS) is 10.5. The fraction of sp³-hybridized carbons (Fsp3) is 0.714. The molecule has 4 heteroatoms. The minimum absolute atomic E-state index is 0.343. The predicted octanol–water partition coefficient (Wildman–Crippen LogP) is -0.0684. The van der Waals surface area contributed by atoms with E-state index in [1.165, 1.54) is 28.0 Å². The van der Waals surface area contributed by atoms with Gasteiger partial charge in [0.15, 0.2) is 0 Å². The minimum Gasteiger partial charge on any atom is -0.468 e. The van der Waals surface area contributed by atoms with E-state index in [-0.39, 0.29) is 5.91 Å². The van der Waals surface area contributed by atoms with Gasteiger partial charge in [-0.3, -0.25) is 9.59 Å². The van der Waals surface area contributed by atoms with E-state index in [2.05, 4.69) is 10.1 Å². The van der Waals surface area contributed by atoms with Crippen molar-refractivity contribution in [2.75, 3.05) is 14.2 Å². The molecule has 1 amide bonds. The van der Waals surface area contributed by atoms with E-state index < -0.39 is 11.4 Å². The van der Waals surface area contributed by atoms with Crippen LogP contribution >= 0.6 is 0 Å². The smallest absolute Gasteiger partial charge is 0.320 e. The molecule has 0 radical (unpaired) electrons. The third-order valence-corrected chi connectivity index (χ3v) is 1.49. The predicted molar refractivity (Wildman–Crippen MR) is 39.9 cm³/mol. The number of esters is 1. The van der Waals surface area contributed by atoms with Crippen LogP contribution in [0.5, 0.6) is 0 Å². The van der Waals surface area contributed by atoms with E-state index in [0.29, 0.717) is 0 Å². The summed E-state index contributed by atoms with van der Waals surface area (Å²) in [7, 11) is 2.74. The lowest BCUT2D eigenvalue weighted by Gasteiger charge is -2.18. The summed E-state index contributed by atoms with van der Waals surface area (Å²) in [4.78, 5) is 22.0. The van der Waals surface area contributed by atoms with E-state index in [4.69, 9.17) is 0 Å². The molecule has 0 saturated heterocycles. The Bertz CT molecular complexity index is 157. The molecule has 0 aromatic heterocycles. The van der Waals surface area contributed by atoms with Crippen LogP contribution in [-0.2, 0) is 14.3 Å². The summed E-state index contributed by atoms with van der Waals surface area (Å²) in [5.41, 5.74) is -1.09. The van der Waals surface area contributed by atoms with E-state index in [0.717, 1.165) is 0 Å². The third kappa shape index (κ3) is 1.93. The van der Waals surface area contributed by atoms with Crippen molar-refractivity contribution in [3.8, 4) is 0 Å². The Kier molecular flexibility index (Phi) is 3.04. The van der Waals surface area contributed by atoms with E-state index in [1.807, 2.05) is 0 Å². The van der Waals surface area contributed by atoms with Gasteiger partial charge in [-0.05, 0) is 13.8 Å². The second kappa shape index (κ2) is 3.37. The lowest BCUT2D eigenvalue weighted by atomic mass is 9.93. The molecular formula is C7H13NO3. The molecule has 0 rings (SSSR count). The van der Waals surface area contributed by atoms with Crippen molar-refractivity contribution >= 4 is 11.9 Å². The van der Waals surface area contributed by atoms with Gasteiger partial charge in [-0.25, -0.2) is 0 Å². The Hall–Kier alpha value is -1.06. The fourth-order valence-corrected chi connectivity index (χ4v) is 0.660. The van der Waals surface area contributed by atoms with Crippen LogP contribution in [0.15, 0.2) is 0 Å². The zero-order valence-electron chi connectivity index (χ0n) is 7.22. The topological polar surface area (TPSA) is 55.4 Å². The largest absolute Gasteiger partial charge is 0.468 e. The Morgan fingerprint density at radius 3 is 2.09 bits per heavy atom. The number of nitrogens with one attached hydrogen (secondary N) is 1. The number of carbonyl (C=O) groups is 2. The Morgan fingerprint density at radius 1 is 1.36 bits per heavy atom. The van der Waals surface area contributed by atoms with E-state index >= 15 is 0 Å². The Balaban J connectivity index is 4.44. The third-order valence-electron chi connectivity index (χ3n) is 1.49. The molecule has 0 heterocycles. The molecule has 0 aromatic carbocycles. The summed E-state index contributed by atoms with van der Waals surface area (Å²) in [6.45, 7) is 3.02. The second-order valence-corrected chi connectivity index (χ2v) is 2.70. The van der Waals surface area contributed by atoms with E-state index in [9.17, 15) is 9.59 Å². The maximum atomic E-state index is 11.0. The highest BCUT2D eigenvalue weighted by Gasteiger charge is 2.36. The fourth-order valence-electron chi connectivity index (χ4n) is 0.660. The first kappa shape index (κ1) is 9.94. The average molecular weight is 159 g/mol. The molecule has 11 heavy (non-hydrogen) atoms. The standard InChI is InChI=1S/C7H13NO3/c1-7(2,5(9)8-3)6(10)11-4/h1-4H3,(H,8,9). The number of methoxy groups -OCH3 is 1. The van der Waals surface area contributed by atoms with Crippen LogP contribution in [0.4, 0.5) is 0 Å². The van der Waals surface area contributed by atoms with Crippen molar-refractivity contribution in [2.45, 2.75) is 13.8 Å². The molecule has 4 nitrogen and oxygen atoms in total. The van der Waals surface area contributed by atoms with Gasteiger partial charge in [0, 0.05) is 7.05 Å². The van der Waals surface area contributed by atoms with Gasteiger partial charge < -0.3 is 10.1 Å². The number of hydrogen-bond acceptors (Lipinski definition) is 3. The van der Waals surface area contributed by atoms with Crippen LogP contribution in [0.2, 0.25) is 0 Å². The quantitative estimate of drug-likeness (QED) is 0.453. The van der Waals surface area contributed by atoms with Crippen molar-refractivity contribution in [3.63, 3.8) is 0 Å². The van der Waals surface area contributed by atoms with Crippen LogP contribution in [0.1, 0.15) is 13.8 Å². The summed E-state index contributed by atoms with van der Waals surface area (Å²) in [6.07, 6.45) is 0. The summed E-state index contributed by atoms with van der Waals surface area (Å²) < 4.78 is 4.44. The molecule has 0 aromatic rings. The van der Waals surface area contributed by atoms with Crippen LogP contribution in [0.3, 0.4) is 0 Å². The molecule has 0 bridgehead atoms. The molecule has 0 aliphatic carbocycles. The first-order chi connectivity index (χ1) is 4.96. The maximum Gasteiger partial charge on any atom is 0.320 e. The van der Waals surface area contributed by atoms with Crippen molar-refractivity contribution in [3.05, 3.63) is 0 Å². The molecule has 0 atom stereocenters. The molecule has 0 spiro atoms. The molecule has 0 saturated carbocycles. The highest BCUT2D eigenvalue weighted by atomic mass is 16.5. The first-order valence-corrected chi connectivity index (χ1v) is 3.27. The van der Waals surface area contributed by atoms with Gasteiger partial charge >= 0.3 is 5.97 Å². The van der Waals surface area contributed by atoms with Gasteiger partial charge in [0.1, 0.15) is 5.41 Å². The Labute approximate surface area is 65.9 Å². The lowest BCUT2D eigenvalue weighted by molar-refractivity contribution is -0.156. The lowest BCUT2D eigenvalue weighted by Crippen LogP contribution is -2.41. The second-order valence-electron chi connectivity index (χ2n) is 2.70. The minimum atomic E-state index is -1.09. The van der Waals surface area contributed by atoms with Gasteiger partial charge in [0.05, 0.1) is 7.11 Å². The first-order valence-electron chi connectivity index (χ1n) is 3.27. The zero-order valence-corrected chi connectivity index (χ0v) is 7.22. The van der Waals surface area contributed by atoms with Crippen molar-refractivity contribution in [1.29, 1.82) is 0 Å². The summed E-state index contributed by atoms with van der Waals surface area (Å²) in [5, 5.41) is 2.38. The van der Waals surface area contributed by atoms with Gasteiger partial charge in [0.25, 0.3) is 0 Å². The van der Waals surface area contributed by atoms with Crippen molar-refractivity contribution in [1.82, 2.24) is 5.32 Å². The highest BCUT2D eigenvalue weighted by molar-refractivity contribution is 6.01. The SMILES string of the molecule is CNC(=O)C(C)(C)C(=O)OC. The van der Waals surface area contributed by atoms with Crippen LogP contribution in [0, 0.1) is 5.41 Å². The molecule has 1 N–H and O–H groups in total. The molecule has 0 fully saturated rings. The van der Waals surface area contributed by atoms with E-state index in [1.54, 1.807) is 0 Å². The van der Waals surface area contributed by atoms with Gasteiger partial charge in [-0.1, -0.05) is 0 Å². The van der Waals surface area contributed by atoms with Gasteiger partial charge in [0.2, 0.25) is 5.91 Å². The number of carbonyl (C=O) groups excluding carboxylic acids is 2. The average Bonchev–Trinajstić information content (AvgIpc) is 2.01. The van der Waals surface area contributed by atoms with Gasteiger partial charge in [-0.15, -0.1) is 0 Å². The monoisotopic (exact) mass is 159 g/mol. The molecule has 64 valence electrons. The highest BCUT2D eigenvalue weighted by Crippen LogP contribution is 2.16. The molecule has 0 unspecified atom stereocenters. The maximum absolute atomic E-state index is 11.0. The number of amides is 1. The molecule has 0 aliphatic heterocycles. The zero-order chi connectivity index (χ0) is 9.07. The summed E-state index contributed by atoms with van der Waals surface area (Å²) >= 11 is 0. The van der Waals surface area contributed by atoms with Crippen LogP contribution in [-0.4, -0.2) is 26.0 Å². The number of hydrogen-bond donors (Lipinski definition) is 1. The van der Waals surface area contributed by atoms with Crippen molar-refractivity contribution in [2.24, 2.45) is 5.41 Å². The van der Waals surface area contributed by atoms with Crippen LogP contribution < -0.4 is 5.32 Å². The summed E-state index contributed by atoms with van der Waals surface area (Å²) in [5.74, 6) is -0.874. The van der Waals surface area contributed by atoms with Crippen LogP contribution in [0.25, 0.3) is 0 Å². The summed E-state index contributed by atoms with van der Waals surface area (Å²) in [6, 6.07) is 0.